The van der Waals surface area contributed by atoms with Crippen molar-refractivity contribution in [3.05, 3.63) is 0 Å². The van der Waals surface area contributed by atoms with Gasteiger partial charge in [-0.3, -0.25) is 4.90 Å². The van der Waals surface area contributed by atoms with Gasteiger partial charge in [0.25, 0.3) is 0 Å². The van der Waals surface area contributed by atoms with Gasteiger partial charge in [0.2, 0.25) is 6.43 Å². The average molecular weight is 202 g/mol. The topological polar surface area (TPSA) is 27.0 Å². The third-order valence-corrected chi connectivity index (χ3v) is 2.71. The number of alkyl halides is 2. The minimum absolute atomic E-state index is 0.0675. The molecule has 0 spiro atoms. The van der Waals surface area contributed by atoms with Gasteiger partial charge in [-0.1, -0.05) is 6.42 Å². The molecular formula is C10H16F2N2. The van der Waals surface area contributed by atoms with E-state index in [0.717, 1.165) is 25.8 Å². The van der Waals surface area contributed by atoms with Gasteiger partial charge in [0, 0.05) is 19.0 Å². The fourth-order valence-corrected chi connectivity index (χ4v) is 1.95. The van der Waals surface area contributed by atoms with E-state index in [1.54, 1.807) is 0 Å². The summed E-state index contributed by atoms with van der Waals surface area (Å²) in [4.78, 5) is 2.04. The molecule has 1 aliphatic heterocycles. The monoisotopic (exact) mass is 202 g/mol. The lowest BCUT2D eigenvalue weighted by Gasteiger charge is -2.34. The number of halogens is 2. The van der Waals surface area contributed by atoms with Gasteiger partial charge in [-0.25, -0.2) is 8.78 Å². The zero-order valence-corrected chi connectivity index (χ0v) is 8.25. The van der Waals surface area contributed by atoms with Gasteiger partial charge in [0.15, 0.2) is 0 Å². The Kier molecular flexibility index (Phi) is 4.81. The van der Waals surface area contributed by atoms with Gasteiger partial charge in [-0.2, -0.15) is 5.26 Å². The zero-order valence-electron chi connectivity index (χ0n) is 8.25. The normalized spacial score (nSPS) is 23.7. The van der Waals surface area contributed by atoms with Crippen LogP contribution < -0.4 is 0 Å². The Hall–Kier alpha value is -0.690. The summed E-state index contributed by atoms with van der Waals surface area (Å²) in [6, 6.07) is 2.34. The maximum absolute atomic E-state index is 12.0. The van der Waals surface area contributed by atoms with Crippen LogP contribution in [0.15, 0.2) is 0 Å². The molecule has 0 amide bonds. The molecule has 1 unspecified atom stereocenters. The lowest BCUT2D eigenvalue weighted by atomic mass is 10.00. The molecule has 80 valence electrons. The van der Waals surface area contributed by atoms with Gasteiger partial charge in [0.1, 0.15) is 0 Å². The van der Waals surface area contributed by atoms with Crippen molar-refractivity contribution in [3.8, 4) is 6.07 Å². The molecule has 1 aliphatic rings. The number of hydrogen-bond donors (Lipinski definition) is 0. The Balaban J connectivity index is 2.34. The Morgan fingerprint density at radius 3 is 2.86 bits per heavy atom. The third kappa shape index (κ3) is 3.59. The van der Waals surface area contributed by atoms with Crippen LogP contribution in [0.4, 0.5) is 8.78 Å². The van der Waals surface area contributed by atoms with Crippen LogP contribution in [-0.2, 0) is 0 Å². The van der Waals surface area contributed by atoms with Gasteiger partial charge < -0.3 is 0 Å². The molecule has 0 saturated carbocycles. The molecule has 2 nitrogen and oxygen atoms in total. The van der Waals surface area contributed by atoms with E-state index < -0.39 is 6.43 Å². The van der Waals surface area contributed by atoms with Crippen molar-refractivity contribution in [2.45, 2.75) is 44.6 Å². The molecule has 0 aromatic carbocycles. The number of nitrogens with zero attached hydrogens (tertiary/aromatic N) is 2. The number of nitriles is 1. The van der Waals surface area contributed by atoms with E-state index in [1.165, 1.54) is 0 Å². The summed E-state index contributed by atoms with van der Waals surface area (Å²) in [5.74, 6) is 0. The quantitative estimate of drug-likeness (QED) is 0.700. The van der Waals surface area contributed by atoms with Gasteiger partial charge in [0.05, 0.1) is 12.5 Å². The van der Waals surface area contributed by atoms with E-state index >= 15 is 0 Å². The molecule has 0 bridgehead atoms. The van der Waals surface area contributed by atoms with Crippen molar-refractivity contribution < 1.29 is 8.78 Å². The smallest absolute Gasteiger partial charge is 0.239 e. The summed E-state index contributed by atoms with van der Waals surface area (Å²) in [7, 11) is 0. The number of hydrogen-bond acceptors (Lipinski definition) is 2. The van der Waals surface area contributed by atoms with Gasteiger partial charge in [-0.15, -0.1) is 0 Å². The van der Waals surface area contributed by atoms with Crippen LogP contribution in [0.3, 0.4) is 0 Å². The van der Waals surface area contributed by atoms with Crippen molar-refractivity contribution in [1.29, 1.82) is 5.26 Å². The number of likely N-dealkylation sites (tertiary alicyclic amines) is 1. The van der Waals surface area contributed by atoms with Crippen molar-refractivity contribution in [1.82, 2.24) is 4.90 Å². The highest BCUT2D eigenvalue weighted by atomic mass is 19.3. The number of rotatable bonds is 4. The molecule has 1 heterocycles. The summed E-state index contributed by atoms with van der Waals surface area (Å²) >= 11 is 0. The highest BCUT2D eigenvalue weighted by Gasteiger charge is 2.22. The molecule has 0 aromatic rings. The predicted octanol–water partition coefficient (Wildman–Crippen LogP) is 2.41. The van der Waals surface area contributed by atoms with E-state index in [1.807, 2.05) is 4.90 Å². The van der Waals surface area contributed by atoms with E-state index in [4.69, 9.17) is 5.26 Å². The standard InChI is InChI=1S/C10H16F2N2/c11-10(12)5-8-14-7-2-1-3-9(14)4-6-13/h9-10H,1-5,7-8H2. The first-order chi connectivity index (χ1) is 6.74. The highest BCUT2D eigenvalue weighted by molar-refractivity contribution is 4.85. The fourth-order valence-electron chi connectivity index (χ4n) is 1.95. The minimum Gasteiger partial charge on any atom is -0.299 e. The Bertz CT molecular complexity index is 201. The van der Waals surface area contributed by atoms with Gasteiger partial charge in [-0.05, 0) is 19.4 Å². The van der Waals surface area contributed by atoms with Crippen LogP contribution >= 0.6 is 0 Å². The molecule has 1 saturated heterocycles. The molecule has 0 aliphatic carbocycles. The first kappa shape index (κ1) is 11.4. The van der Waals surface area contributed by atoms with Crippen molar-refractivity contribution in [2.24, 2.45) is 0 Å². The second-order valence-corrected chi connectivity index (χ2v) is 3.73. The summed E-state index contributed by atoms with van der Waals surface area (Å²) in [6.07, 6.45) is 1.37. The fraction of sp³-hybridized carbons (Fsp3) is 0.900. The second-order valence-electron chi connectivity index (χ2n) is 3.73. The molecule has 1 rings (SSSR count). The van der Waals surface area contributed by atoms with Crippen LogP contribution in [0.25, 0.3) is 0 Å². The van der Waals surface area contributed by atoms with Crippen LogP contribution in [0.2, 0.25) is 0 Å². The minimum atomic E-state index is -2.22. The van der Waals surface area contributed by atoms with Gasteiger partial charge >= 0.3 is 0 Å². The van der Waals surface area contributed by atoms with Crippen molar-refractivity contribution in [3.63, 3.8) is 0 Å². The summed E-state index contributed by atoms with van der Waals surface area (Å²) in [5.41, 5.74) is 0. The molecule has 0 aromatic heterocycles. The molecule has 0 radical (unpaired) electrons. The maximum Gasteiger partial charge on any atom is 0.239 e. The summed E-state index contributed by atoms with van der Waals surface area (Å²) in [5, 5.41) is 8.59. The average Bonchev–Trinajstić information content (AvgIpc) is 2.17. The molecular weight excluding hydrogens is 186 g/mol. The van der Waals surface area contributed by atoms with E-state index in [9.17, 15) is 8.78 Å². The van der Waals surface area contributed by atoms with E-state index in [0.29, 0.717) is 13.0 Å². The maximum atomic E-state index is 12.0. The molecule has 0 N–H and O–H groups in total. The Labute approximate surface area is 83.5 Å². The molecule has 4 heteroatoms. The zero-order chi connectivity index (χ0) is 10.4. The predicted molar refractivity (Wildman–Crippen MR) is 50.1 cm³/mol. The Morgan fingerprint density at radius 1 is 1.43 bits per heavy atom. The van der Waals surface area contributed by atoms with Crippen LogP contribution in [0, 0.1) is 11.3 Å². The lowest BCUT2D eigenvalue weighted by Crippen LogP contribution is -2.40. The first-order valence-corrected chi connectivity index (χ1v) is 5.13. The van der Waals surface area contributed by atoms with Crippen molar-refractivity contribution >= 4 is 0 Å². The van der Waals surface area contributed by atoms with Crippen LogP contribution in [0.1, 0.15) is 32.1 Å². The highest BCUT2D eigenvalue weighted by Crippen LogP contribution is 2.20. The molecule has 1 atom stereocenters. The number of piperidine rings is 1. The van der Waals surface area contributed by atoms with Crippen LogP contribution in [0.5, 0.6) is 0 Å². The SMILES string of the molecule is N#CCC1CCCCN1CCC(F)F. The molecule has 14 heavy (non-hydrogen) atoms. The van der Waals surface area contributed by atoms with E-state index in [-0.39, 0.29) is 12.5 Å². The van der Waals surface area contributed by atoms with Crippen molar-refractivity contribution in [2.75, 3.05) is 13.1 Å². The molecule has 1 fully saturated rings. The largest absolute Gasteiger partial charge is 0.299 e. The summed E-state index contributed by atoms with van der Waals surface area (Å²) in [6.45, 7) is 1.31. The Morgan fingerprint density at radius 2 is 2.21 bits per heavy atom. The second kappa shape index (κ2) is 5.92. The third-order valence-electron chi connectivity index (χ3n) is 2.71. The van der Waals surface area contributed by atoms with E-state index in [2.05, 4.69) is 6.07 Å². The van der Waals surface area contributed by atoms with Crippen LogP contribution in [-0.4, -0.2) is 30.5 Å². The first-order valence-electron chi connectivity index (χ1n) is 5.13. The summed E-state index contributed by atoms with van der Waals surface area (Å²) < 4.78 is 24.0. The lowest BCUT2D eigenvalue weighted by molar-refractivity contribution is 0.0883.